The monoisotopic (exact) mass is 447 g/mol. The molecule has 2 aromatic rings. The molecule has 3 aliphatic heterocycles. The Labute approximate surface area is 181 Å². The second-order valence-electron chi connectivity index (χ2n) is 8.24. The first kappa shape index (κ1) is 20.7. The third-order valence-electron chi connectivity index (χ3n) is 6.06. The molecule has 3 aliphatic rings. The number of β-amino-alcohol motifs (C(OH)–C–C–N with tert-alkyl or cyclic N) is 1. The lowest BCUT2D eigenvalue weighted by molar-refractivity contribution is -0.0111. The van der Waals surface area contributed by atoms with Gasteiger partial charge in [0.15, 0.2) is 0 Å². The van der Waals surface area contributed by atoms with E-state index in [1.165, 1.54) is 24.3 Å². The van der Waals surface area contributed by atoms with Crippen LogP contribution < -0.4 is 9.47 Å². The Morgan fingerprint density at radius 1 is 1.00 bits per heavy atom. The minimum atomic E-state index is -0.678. The zero-order valence-electron chi connectivity index (χ0n) is 16.9. The number of benzene rings is 2. The summed E-state index contributed by atoms with van der Waals surface area (Å²) in [4.78, 5) is 0. The molecule has 0 fully saturated rings. The fourth-order valence-electron chi connectivity index (χ4n) is 4.41. The molecule has 164 valence electrons. The molecule has 5 rings (SSSR count). The van der Waals surface area contributed by atoms with E-state index in [2.05, 4.69) is 10.5 Å². The second kappa shape index (κ2) is 8.78. The van der Waals surface area contributed by atoms with Crippen molar-refractivity contribution in [2.24, 2.45) is 0 Å². The molecular weight excluding hydrogens is 423 g/mol. The van der Waals surface area contributed by atoms with Crippen molar-refractivity contribution >= 4 is 8.19 Å². The Balaban J connectivity index is 1.19. The summed E-state index contributed by atoms with van der Waals surface area (Å²) in [6.07, 6.45) is 1.42. The Morgan fingerprint density at radius 2 is 1.68 bits per heavy atom. The topological polar surface area (TPSA) is 51.2 Å². The molecular formula is C23H24F2NO4P. The van der Waals surface area contributed by atoms with Crippen molar-refractivity contribution < 1.29 is 28.1 Å². The molecule has 3 heterocycles. The van der Waals surface area contributed by atoms with Gasteiger partial charge < -0.3 is 14.6 Å². The van der Waals surface area contributed by atoms with Crippen LogP contribution in [0, 0.1) is 17.4 Å². The van der Waals surface area contributed by atoms with E-state index in [1.807, 2.05) is 0 Å². The number of aliphatic hydroxyl groups is 1. The summed E-state index contributed by atoms with van der Waals surface area (Å²) >= 11 is 0. The number of nitrogens with zero attached hydrogens (tertiary/aromatic N) is 1. The number of fused-ring (bicyclic) bond motifs is 2. The molecule has 0 aliphatic carbocycles. The maximum Gasteiger partial charge on any atom is 0.128 e. The summed E-state index contributed by atoms with van der Waals surface area (Å²) in [5.74, 6) is 3.78. The van der Waals surface area contributed by atoms with Gasteiger partial charge >= 0.3 is 0 Å². The molecule has 0 saturated heterocycles. The molecule has 5 atom stereocenters. The van der Waals surface area contributed by atoms with Crippen LogP contribution in [0.1, 0.15) is 24.0 Å². The van der Waals surface area contributed by atoms with E-state index >= 15 is 0 Å². The fourth-order valence-corrected chi connectivity index (χ4v) is 5.30. The standard InChI is InChI=1S/C23H24F2NO4P/c24-16-3-7-19-14(9-16)1-5-21(29-19)18(27)11-26-12-23(28-13-31-26)22-6-2-15-10-17(25)4-8-20(15)30-22/h3-4,7-10,18,21-23,27,31H,1-2,5-6,11-12H2/t18-,21+,22-,23+/m0/s1. The Bertz CT molecular complexity index is 1040. The molecule has 0 radical (unpaired) electrons. The van der Waals surface area contributed by atoms with Gasteiger partial charge in [0, 0.05) is 18.9 Å². The van der Waals surface area contributed by atoms with Crippen molar-refractivity contribution in [3.63, 3.8) is 0 Å². The van der Waals surface area contributed by atoms with E-state index in [-0.39, 0.29) is 38.1 Å². The molecule has 2 aromatic carbocycles. The summed E-state index contributed by atoms with van der Waals surface area (Å²) in [6, 6.07) is 9.09. The normalized spacial score (nSPS) is 26.6. The van der Waals surface area contributed by atoms with Gasteiger partial charge in [-0.15, -0.1) is 0 Å². The van der Waals surface area contributed by atoms with Crippen LogP contribution in [0.2, 0.25) is 0 Å². The predicted octanol–water partition coefficient (Wildman–Crippen LogP) is 3.62. The highest BCUT2D eigenvalue weighted by molar-refractivity contribution is 7.23. The van der Waals surface area contributed by atoms with Gasteiger partial charge in [-0.1, -0.05) is 0 Å². The number of halogens is 2. The molecule has 0 saturated carbocycles. The highest BCUT2D eigenvalue weighted by Gasteiger charge is 2.33. The quantitative estimate of drug-likeness (QED) is 0.726. The van der Waals surface area contributed by atoms with Crippen molar-refractivity contribution in [1.29, 1.82) is 0 Å². The van der Waals surface area contributed by atoms with Crippen LogP contribution in [0.5, 0.6) is 11.5 Å². The van der Waals surface area contributed by atoms with Crippen molar-refractivity contribution in [1.82, 2.24) is 4.67 Å². The minimum Gasteiger partial charge on any atom is -0.487 e. The van der Waals surface area contributed by atoms with Crippen molar-refractivity contribution in [3.05, 3.63) is 59.2 Å². The van der Waals surface area contributed by atoms with E-state index in [1.54, 1.807) is 12.1 Å². The van der Waals surface area contributed by atoms with Gasteiger partial charge in [0.2, 0.25) is 0 Å². The van der Waals surface area contributed by atoms with E-state index < -0.39 is 6.10 Å². The summed E-state index contributed by atoms with van der Waals surface area (Å²) in [7, 11) is 0.214. The van der Waals surface area contributed by atoms with Gasteiger partial charge in [0.1, 0.15) is 47.5 Å². The molecule has 8 heteroatoms. The second-order valence-corrected chi connectivity index (χ2v) is 9.30. The summed E-state index contributed by atoms with van der Waals surface area (Å²) in [6.45, 7) is 1.04. The number of hydrogen-bond donors (Lipinski definition) is 1. The number of rotatable bonds is 4. The Morgan fingerprint density at radius 3 is 2.42 bits per heavy atom. The predicted molar refractivity (Wildman–Crippen MR) is 113 cm³/mol. The SMILES string of the molecule is O[C@@H](CN1C[C@H]([C@@H]2CCc3cc(F)ccc3O2)OC#[PH]1)[C@H]1CCc2cc(F)ccc2O1. The van der Waals surface area contributed by atoms with Gasteiger partial charge in [0.05, 0.1) is 0 Å². The highest BCUT2D eigenvalue weighted by atomic mass is 31.1. The number of aliphatic hydroxyl groups excluding tert-OH is 1. The average Bonchev–Trinajstić information content (AvgIpc) is 2.78. The highest BCUT2D eigenvalue weighted by Crippen LogP contribution is 2.32. The fraction of sp³-hybridized carbons (Fsp3) is 0.435. The minimum absolute atomic E-state index is 0.150. The first-order chi connectivity index (χ1) is 15.0. The first-order valence-electron chi connectivity index (χ1n) is 10.5. The zero-order chi connectivity index (χ0) is 21.4. The van der Waals surface area contributed by atoms with Crippen LogP contribution in [0.25, 0.3) is 0 Å². The molecule has 5 nitrogen and oxygen atoms in total. The van der Waals surface area contributed by atoms with Crippen molar-refractivity contribution in [3.8, 4) is 17.3 Å². The average molecular weight is 447 g/mol. The van der Waals surface area contributed by atoms with Crippen LogP contribution in [0.15, 0.2) is 36.4 Å². The van der Waals surface area contributed by atoms with E-state index in [4.69, 9.17) is 14.2 Å². The molecule has 31 heavy (non-hydrogen) atoms. The van der Waals surface area contributed by atoms with Crippen LogP contribution >= 0.6 is 8.19 Å². The number of aryl methyl sites for hydroxylation is 2. The summed E-state index contributed by atoms with van der Waals surface area (Å²) in [5, 5.41) is 10.8. The van der Waals surface area contributed by atoms with E-state index in [9.17, 15) is 13.9 Å². The summed E-state index contributed by atoms with van der Waals surface area (Å²) in [5.41, 5.74) is 1.72. The lowest BCUT2D eigenvalue weighted by Crippen LogP contribution is -2.47. The van der Waals surface area contributed by atoms with Gasteiger partial charge in [-0.25, -0.2) is 8.78 Å². The molecule has 1 unspecified atom stereocenters. The number of ether oxygens (including phenoxy) is 3. The smallest absolute Gasteiger partial charge is 0.128 e. The maximum absolute atomic E-state index is 13.4. The van der Waals surface area contributed by atoms with Crippen LogP contribution in [0.3, 0.4) is 0 Å². The lowest BCUT2D eigenvalue weighted by Gasteiger charge is -2.36. The molecule has 0 amide bonds. The third-order valence-corrected chi connectivity index (χ3v) is 6.95. The van der Waals surface area contributed by atoms with Gasteiger partial charge in [-0.3, -0.25) is 9.41 Å². The Kier molecular flexibility index (Phi) is 5.87. The molecule has 0 bridgehead atoms. The van der Waals surface area contributed by atoms with Crippen LogP contribution in [-0.2, 0) is 17.6 Å². The molecule has 1 N–H and O–H groups in total. The van der Waals surface area contributed by atoms with Crippen molar-refractivity contribution in [2.45, 2.75) is 50.1 Å². The van der Waals surface area contributed by atoms with Gasteiger partial charge in [0.25, 0.3) is 0 Å². The number of hydrogen-bond acceptors (Lipinski definition) is 5. The molecule has 0 spiro atoms. The zero-order valence-corrected chi connectivity index (χ0v) is 17.9. The largest absolute Gasteiger partial charge is 0.487 e. The first-order valence-corrected chi connectivity index (χ1v) is 11.5. The maximum atomic E-state index is 13.4. The van der Waals surface area contributed by atoms with Gasteiger partial charge in [-0.2, -0.15) is 0 Å². The summed E-state index contributed by atoms with van der Waals surface area (Å²) < 4.78 is 46.7. The van der Waals surface area contributed by atoms with Crippen LogP contribution in [-0.4, -0.2) is 47.3 Å². The third kappa shape index (κ3) is 4.57. The van der Waals surface area contributed by atoms with E-state index in [0.29, 0.717) is 37.4 Å². The Hall–Kier alpha value is -2.14. The van der Waals surface area contributed by atoms with Crippen LogP contribution in [0.4, 0.5) is 8.78 Å². The lowest BCUT2D eigenvalue weighted by atomic mass is 9.98. The molecule has 0 aromatic heterocycles. The van der Waals surface area contributed by atoms with Gasteiger partial charge in [-0.05, 0) is 81.4 Å². The van der Waals surface area contributed by atoms with E-state index in [0.717, 1.165) is 24.0 Å². The van der Waals surface area contributed by atoms with Crippen molar-refractivity contribution in [2.75, 3.05) is 13.1 Å².